The van der Waals surface area contributed by atoms with E-state index in [0.29, 0.717) is 44.9 Å². The topological polar surface area (TPSA) is 57.5 Å². The molecular formula is C24H34F6O3. The number of aliphatic hydroxyl groups is 2. The van der Waals surface area contributed by atoms with Gasteiger partial charge in [-0.15, -0.1) is 0 Å². The van der Waals surface area contributed by atoms with Gasteiger partial charge in [-0.1, -0.05) is 26.2 Å². The van der Waals surface area contributed by atoms with Gasteiger partial charge in [0, 0.05) is 18.8 Å². The Hall–Kier alpha value is -1.27. The Morgan fingerprint density at radius 1 is 1.00 bits per heavy atom. The monoisotopic (exact) mass is 484 g/mol. The van der Waals surface area contributed by atoms with E-state index in [1.165, 1.54) is 0 Å². The maximum absolute atomic E-state index is 13.0. The fourth-order valence-electron chi connectivity index (χ4n) is 6.06. The highest BCUT2D eigenvalue weighted by molar-refractivity contribution is 5.83. The minimum atomic E-state index is -5.99. The summed E-state index contributed by atoms with van der Waals surface area (Å²) in [5.74, 6) is 3.01. The van der Waals surface area contributed by atoms with Crippen molar-refractivity contribution < 1.29 is 41.4 Å². The van der Waals surface area contributed by atoms with Gasteiger partial charge in [0.15, 0.2) is 0 Å². The molecule has 0 saturated heterocycles. The van der Waals surface area contributed by atoms with Gasteiger partial charge in [0.25, 0.3) is 0 Å². The molecule has 0 aromatic carbocycles. The lowest BCUT2D eigenvalue weighted by atomic mass is 9.56. The lowest BCUT2D eigenvalue weighted by Crippen LogP contribution is -2.55. The summed E-state index contributed by atoms with van der Waals surface area (Å²) in [7, 11) is 0. The van der Waals surface area contributed by atoms with E-state index in [-0.39, 0.29) is 24.0 Å². The van der Waals surface area contributed by atoms with Crippen molar-refractivity contribution in [3.63, 3.8) is 0 Å². The molecule has 0 aromatic rings. The predicted octanol–water partition coefficient (Wildman–Crippen LogP) is 5.97. The number of hydrogen-bond acceptors (Lipinski definition) is 3. The largest absolute Gasteiger partial charge is 0.438 e. The Kier molecular flexibility index (Phi) is 7.69. The van der Waals surface area contributed by atoms with Crippen molar-refractivity contribution in [2.75, 3.05) is 0 Å². The highest BCUT2D eigenvalue weighted by atomic mass is 19.4. The van der Waals surface area contributed by atoms with Crippen LogP contribution < -0.4 is 0 Å². The van der Waals surface area contributed by atoms with E-state index in [1.807, 2.05) is 12.8 Å². The molecule has 2 N–H and O–H groups in total. The van der Waals surface area contributed by atoms with E-state index in [0.717, 1.165) is 12.3 Å². The van der Waals surface area contributed by atoms with E-state index in [1.54, 1.807) is 20.8 Å². The third-order valence-electron chi connectivity index (χ3n) is 7.82. The first-order valence-electron chi connectivity index (χ1n) is 11.4. The molecule has 0 heterocycles. The first-order chi connectivity index (χ1) is 14.8. The van der Waals surface area contributed by atoms with Crippen molar-refractivity contribution >= 4 is 5.78 Å². The van der Waals surface area contributed by atoms with Crippen LogP contribution in [0.25, 0.3) is 0 Å². The number of carbonyl (C=O) groups excluding carboxylic acids is 1. The molecule has 190 valence electrons. The zero-order valence-electron chi connectivity index (χ0n) is 19.6. The molecule has 0 amide bonds. The number of carbonyl (C=O) groups is 1. The fraction of sp³-hybridized carbons (Fsp3) is 0.875. The average Bonchev–Trinajstić information content (AvgIpc) is 2.97. The molecule has 0 aromatic heterocycles. The standard InChI is InChI=1S/C24H34F6O3/c1-19(2,32)11-6-12-20(3,13-7-15-22(33,23(25,26)27)24(28,29)30)18-10-9-16-17(31)8-5-14-21(16,18)4/h16,18,32-33H,5-6,8-14H2,1-4H3/t16?,18?,20-,21+/m1/s1. The van der Waals surface area contributed by atoms with Crippen molar-refractivity contribution in [1.82, 2.24) is 0 Å². The zero-order chi connectivity index (χ0) is 25.5. The Morgan fingerprint density at radius 3 is 2.09 bits per heavy atom. The van der Waals surface area contributed by atoms with Crippen LogP contribution in [0.1, 0.15) is 85.5 Å². The summed E-state index contributed by atoms with van der Waals surface area (Å²) in [5.41, 5.74) is -7.25. The molecule has 2 unspecified atom stereocenters. The van der Waals surface area contributed by atoms with Gasteiger partial charge in [0.1, 0.15) is 5.78 Å². The molecule has 9 heteroatoms. The zero-order valence-corrected chi connectivity index (χ0v) is 19.6. The third-order valence-corrected chi connectivity index (χ3v) is 7.82. The number of halogens is 6. The van der Waals surface area contributed by atoms with E-state index in [4.69, 9.17) is 0 Å². The second kappa shape index (κ2) is 9.07. The molecule has 3 nitrogen and oxygen atoms in total. The predicted molar refractivity (Wildman–Crippen MR) is 111 cm³/mol. The summed E-state index contributed by atoms with van der Waals surface area (Å²) in [6.45, 7) is 7.05. The fourth-order valence-corrected chi connectivity index (χ4v) is 6.06. The normalized spacial score (nSPS) is 28.7. The molecule has 2 fully saturated rings. The third kappa shape index (κ3) is 5.70. The molecule has 2 saturated carbocycles. The number of alkyl halides is 6. The molecule has 2 aliphatic carbocycles. The molecule has 0 radical (unpaired) electrons. The van der Waals surface area contributed by atoms with Crippen molar-refractivity contribution in [2.45, 2.75) is 109 Å². The van der Waals surface area contributed by atoms with Crippen molar-refractivity contribution in [1.29, 1.82) is 0 Å². The summed E-state index contributed by atoms with van der Waals surface area (Å²) < 4.78 is 78.3. The average molecular weight is 485 g/mol. The Balaban J connectivity index is 2.39. The quantitative estimate of drug-likeness (QED) is 0.361. The van der Waals surface area contributed by atoms with Crippen molar-refractivity contribution in [3.8, 4) is 11.8 Å². The van der Waals surface area contributed by atoms with Gasteiger partial charge >= 0.3 is 18.0 Å². The maximum atomic E-state index is 13.0. The minimum absolute atomic E-state index is 0.125. The SMILES string of the molecule is CC(C)(O)CCC[C@](C)(CC#CC(O)(C(F)(F)F)C(F)(F)F)C1CCC2C(=O)CCC[C@@]21C. The lowest BCUT2D eigenvalue weighted by molar-refractivity contribution is -0.343. The summed E-state index contributed by atoms with van der Waals surface area (Å²) in [5, 5.41) is 19.5. The summed E-state index contributed by atoms with van der Waals surface area (Å²) >= 11 is 0. The van der Waals surface area contributed by atoms with E-state index in [2.05, 4.69) is 0 Å². The van der Waals surface area contributed by atoms with Crippen LogP contribution in [-0.4, -0.2) is 39.6 Å². The number of hydrogen-bond donors (Lipinski definition) is 2. The van der Waals surface area contributed by atoms with Crippen molar-refractivity contribution in [3.05, 3.63) is 0 Å². The maximum Gasteiger partial charge on any atom is 0.438 e. The first kappa shape index (κ1) is 28.0. The van der Waals surface area contributed by atoms with Crippen LogP contribution in [-0.2, 0) is 4.79 Å². The molecule has 4 atom stereocenters. The molecule has 2 rings (SSSR count). The van der Waals surface area contributed by atoms with Crippen LogP contribution in [0, 0.1) is 34.5 Å². The van der Waals surface area contributed by atoms with Gasteiger partial charge in [-0.05, 0) is 75.0 Å². The van der Waals surface area contributed by atoms with Gasteiger partial charge in [-0.2, -0.15) is 26.3 Å². The molecule has 2 aliphatic rings. The highest BCUT2D eigenvalue weighted by Crippen LogP contribution is 2.61. The molecule has 0 bridgehead atoms. The Labute approximate surface area is 191 Å². The van der Waals surface area contributed by atoms with Gasteiger partial charge in [-0.25, -0.2) is 0 Å². The molecule has 0 aliphatic heterocycles. The van der Waals surface area contributed by atoms with E-state index in [9.17, 15) is 41.4 Å². The number of fused-ring (bicyclic) bond motifs is 1. The van der Waals surface area contributed by atoms with Gasteiger partial charge in [0.2, 0.25) is 0 Å². The van der Waals surface area contributed by atoms with Gasteiger partial charge in [0.05, 0.1) is 5.60 Å². The lowest BCUT2D eigenvalue weighted by Gasteiger charge is -2.48. The Bertz CT molecular complexity index is 771. The molecular weight excluding hydrogens is 450 g/mol. The van der Waals surface area contributed by atoms with Crippen molar-refractivity contribution in [2.24, 2.45) is 22.7 Å². The van der Waals surface area contributed by atoms with Crippen LogP contribution in [0.5, 0.6) is 0 Å². The second-order valence-electron chi connectivity index (χ2n) is 11.0. The highest BCUT2D eigenvalue weighted by Gasteiger charge is 2.70. The number of ketones is 1. The van der Waals surface area contributed by atoms with Crippen LogP contribution in [0.2, 0.25) is 0 Å². The number of rotatable bonds is 6. The Morgan fingerprint density at radius 2 is 1.58 bits per heavy atom. The minimum Gasteiger partial charge on any atom is -0.390 e. The van der Waals surface area contributed by atoms with Crippen LogP contribution in [0.4, 0.5) is 26.3 Å². The van der Waals surface area contributed by atoms with E-state index < -0.39 is 34.4 Å². The summed E-state index contributed by atoms with van der Waals surface area (Å²) in [6.07, 6.45) is -7.71. The second-order valence-corrected chi connectivity index (χ2v) is 11.0. The molecule has 0 spiro atoms. The number of Topliss-reactive ketones (excluding diaryl/α,β-unsaturated/α-hetero) is 1. The van der Waals surface area contributed by atoms with Crippen LogP contribution in [0.3, 0.4) is 0 Å². The van der Waals surface area contributed by atoms with Gasteiger partial charge < -0.3 is 10.2 Å². The van der Waals surface area contributed by atoms with Crippen LogP contribution in [0.15, 0.2) is 0 Å². The van der Waals surface area contributed by atoms with Gasteiger partial charge in [-0.3, -0.25) is 4.79 Å². The summed E-state index contributed by atoms with van der Waals surface area (Å²) in [6, 6.07) is 0. The molecule has 33 heavy (non-hydrogen) atoms. The smallest absolute Gasteiger partial charge is 0.390 e. The van der Waals surface area contributed by atoms with E-state index >= 15 is 0 Å². The first-order valence-corrected chi connectivity index (χ1v) is 11.4. The summed E-state index contributed by atoms with van der Waals surface area (Å²) in [4.78, 5) is 12.5. The van der Waals surface area contributed by atoms with Crippen LogP contribution >= 0.6 is 0 Å².